The van der Waals surface area contributed by atoms with Gasteiger partial charge in [-0.15, -0.1) is 0 Å². The zero-order valence-electron chi connectivity index (χ0n) is 8.76. The Labute approximate surface area is 89.7 Å². The summed E-state index contributed by atoms with van der Waals surface area (Å²) in [5, 5.41) is 10.1. The molecule has 14 heavy (non-hydrogen) atoms. The number of phenols is 1. The van der Waals surface area contributed by atoms with E-state index in [0.717, 1.165) is 11.1 Å². The molecule has 0 saturated carbocycles. The van der Waals surface area contributed by atoms with Crippen molar-refractivity contribution in [1.82, 2.24) is 0 Å². The molecule has 0 fully saturated rings. The number of nitrogens with two attached hydrogens (primary N) is 1. The molecule has 0 aromatic heterocycles. The predicted molar refractivity (Wildman–Crippen MR) is 59.8 cm³/mol. The fourth-order valence-electron chi connectivity index (χ4n) is 1.44. The second-order valence-corrected chi connectivity index (χ2v) is 4.78. The third-order valence-corrected chi connectivity index (χ3v) is 2.50. The highest BCUT2D eigenvalue weighted by atomic mass is 35.5. The van der Waals surface area contributed by atoms with E-state index in [1.807, 2.05) is 20.8 Å². The van der Waals surface area contributed by atoms with E-state index in [1.165, 1.54) is 0 Å². The first-order chi connectivity index (χ1) is 6.29. The van der Waals surface area contributed by atoms with Crippen LogP contribution in [0.3, 0.4) is 0 Å². The molecule has 1 aromatic rings. The Hall–Kier alpha value is -0.730. The monoisotopic (exact) mass is 213 g/mol. The van der Waals surface area contributed by atoms with Crippen LogP contribution in [0.25, 0.3) is 0 Å². The van der Waals surface area contributed by atoms with Crippen molar-refractivity contribution in [2.24, 2.45) is 5.73 Å². The highest BCUT2D eigenvalue weighted by Crippen LogP contribution is 2.28. The maximum absolute atomic E-state index is 9.42. The molecule has 0 spiro atoms. The molecule has 3 heteroatoms. The van der Waals surface area contributed by atoms with Gasteiger partial charge in [-0.3, -0.25) is 0 Å². The van der Waals surface area contributed by atoms with E-state index in [2.05, 4.69) is 0 Å². The van der Waals surface area contributed by atoms with Gasteiger partial charge in [-0.25, -0.2) is 0 Å². The molecule has 1 aromatic carbocycles. The number of aromatic hydroxyl groups is 1. The molecular weight excluding hydrogens is 198 g/mol. The Morgan fingerprint density at radius 1 is 1.43 bits per heavy atom. The summed E-state index contributed by atoms with van der Waals surface area (Å²) in [6.07, 6.45) is 0.654. The first kappa shape index (κ1) is 11.3. The van der Waals surface area contributed by atoms with Gasteiger partial charge >= 0.3 is 0 Å². The summed E-state index contributed by atoms with van der Waals surface area (Å²) in [5.74, 6) is 0.242. The van der Waals surface area contributed by atoms with E-state index in [-0.39, 0.29) is 11.3 Å². The van der Waals surface area contributed by atoms with Crippen molar-refractivity contribution in [2.75, 3.05) is 0 Å². The average molecular weight is 214 g/mol. The molecule has 0 bridgehead atoms. The van der Waals surface area contributed by atoms with Gasteiger partial charge in [-0.1, -0.05) is 11.6 Å². The molecule has 0 heterocycles. The van der Waals surface area contributed by atoms with E-state index in [1.54, 1.807) is 12.1 Å². The van der Waals surface area contributed by atoms with Gasteiger partial charge in [0.25, 0.3) is 0 Å². The van der Waals surface area contributed by atoms with Crippen molar-refractivity contribution in [3.8, 4) is 5.75 Å². The molecule has 0 amide bonds. The average Bonchev–Trinajstić information content (AvgIpc) is 1.96. The van der Waals surface area contributed by atoms with Crippen molar-refractivity contribution in [2.45, 2.75) is 32.7 Å². The minimum atomic E-state index is -0.316. The van der Waals surface area contributed by atoms with Crippen LogP contribution in [0.15, 0.2) is 12.1 Å². The Balaban J connectivity index is 3.09. The Morgan fingerprint density at radius 2 is 2.00 bits per heavy atom. The summed E-state index contributed by atoms with van der Waals surface area (Å²) in [6, 6.07) is 3.32. The van der Waals surface area contributed by atoms with Crippen molar-refractivity contribution < 1.29 is 5.11 Å². The summed E-state index contributed by atoms with van der Waals surface area (Å²) in [5.41, 5.74) is 7.36. The number of benzene rings is 1. The standard InChI is InChI=1S/C11H16ClNO/c1-7-4-9(14)5-8(10(7)12)6-11(2,3)13/h4-5,14H,6,13H2,1-3H3. The van der Waals surface area contributed by atoms with Crippen LogP contribution in [0.2, 0.25) is 5.02 Å². The van der Waals surface area contributed by atoms with E-state index in [0.29, 0.717) is 11.4 Å². The number of halogens is 1. The minimum absolute atomic E-state index is 0.242. The lowest BCUT2D eigenvalue weighted by Gasteiger charge is -2.20. The SMILES string of the molecule is Cc1cc(O)cc(CC(C)(C)N)c1Cl. The molecule has 0 atom stereocenters. The van der Waals surface area contributed by atoms with Gasteiger partial charge < -0.3 is 10.8 Å². The zero-order chi connectivity index (χ0) is 10.9. The van der Waals surface area contributed by atoms with Gasteiger partial charge in [0.05, 0.1) is 0 Å². The lowest BCUT2D eigenvalue weighted by Crippen LogP contribution is -2.34. The first-order valence-electron chi connectivity index (χ1n) is 4.56. The van der Waals surface area contributed by atoms with Crippen molar-refractivity contribution >= 4 is 11.6 Å². The summed E-state index contributed by atoms with van der Waals surface area (Å²) in [6.45, 7) is 5.74. The smallest absolute Gasteiger partial charge is 0.116 e. The van der Waals surface area contributed by atoms with Gasteiger partial charge in [0, 0.05) is 10.6 Å². The maximum atomic E-state index is 9.42. The number of rotatable bonds is 2. The second kappa shape index (κ2) is 3.79. The van der Waals surface area contributed by atoms with Crippen LogP contribution in [0.5, 0.6) is 5.75 Å². The minimum Gasteiger partial charge on any atom is -0.508 e. The quantitative estimate of drug-likeness (QED) is 0.794. The summed E-state index contributed by atoms with van der Waals surface area (Å²) >= 11 is 6.10. The van der Waals surface area contributed by atoms with Crippen LogP contribution < -0.4 is 5.73 Å². The Bertz CT molecular complexity index is 342. The van der Waals surface area contributed by atoms with Crippen molar-refractivity contribution in [1.29, 1.82) is 0 Å². The second-order valence-electron chi connectivity index (χ2n) is 4.40. The van der Waals surface area contributed by atoms with Gasteiger partial charge in [-0.05, 0) is 50.5 Å². The normalized spacial score (nSPS) is 11.8. The van der Waals surface area contributed by atoms with Crippen LogP contribution in [0.1, 0.15) is 25.0 Å². The number of hydrogen-bond acceptors (Lipinski definition) is 2. The van der Waals surface area contributed by atoms with Crippen molar-refractivity contribution in [3.63, 3.8) is 0 Å². The zero-order valence-corrected chi connectivity index (χ0v) is 9.52. The summed E-state index contributed by atoms with van der Waals surface area (Å²) in [7, 11) is 0. The van der Waals surface area contributed by atoms with E-state index in [9.17, 15) is 5.11 Å². The topological polar surface area (TPSA) is 46.2 Å². The molecule has 1 rings (SSSR count). The van der Waals surface area contributed by atoms with Crippen LogP contribution >= 0.6 is 11.6 Å². The Kier molecular flexibility index (Phi) is 3.07. The first-order valence-corrected chi connectivity index (χ1v) is 4.94. The maximum Gasteiger partial charge on any atom is 0.116 e. The molecule has 0 aliphatic heterocycles. The number of phenolic OH excluding ortho intramolecular Hbond substituents is 1. The Morgan fingerprint density at radius 3 is 2.50 bits per heavy atom. The van der Waals surface area contributed by atoms with E-state index >= 15 is 0 Å². The molecule has 0 unspecified atom stereocenters. The molecular formula is C11H16ClNO. The highest BCUT2D eigenvalue weighted by molar-refractivity contribution is 6.32. The number of hydrogen-bond donors (Lipinski definition) is 2. The van der Waals surface area contributed by atoms with E-state index < -0.39 is 0 Å². The number of aryl methyl sites for hydroxylation is 1. The van der Waals surface area contributed by atoms with Crippen molar-refractivity contribution in [3.05, 3.63) is 28.3 Å². The molecule has 0 saturated heterocycles. The largest absolute Gasteiger partial charge is 0.508 e. The molecule has 78 valence electrons. The third kappa shape index (κ3) is 2.89. The molecule has 2 nitrogen and oxygen atoms in total. The predicted octanol–water partition coefficient (Wildman–Crippen LogP) is 2.63. The fraction of sp³-hybridized carbons (Fsp3) is 0.455. The lowest BCUT2D eigenvalue weighted by atomic mass is 9.95. The van der Waals surface area contributed by atoms with Crippen LogP contribution in [0.4, 0.5) is 0 Å². The van der Waals surface area contributed by atoms with E-state index in [4.69, 9.17) is 17.3 Å². The molecule has 0 radical (unpaired) electrons. The molecule has 3 N–H and O–H groups in total. The highest BCUT2D eigenvalue weighted by Gasteiger charge is 2.15. The lowest BCUT2D eigenvalue weighted by molar-refractivity contribution is 0.471. The van der Waals surface area contributed by atoms with Gasteiger partial charge in [0.2, 0.25) is 0 Å². The van der Waals surface area contributed by atoms with Gasteiger partial charge in [0.1, 0.15) is 5.75 Å². The summed E-state index contributed by atoms with van der Waals surface area (Å²) in [4.78, 5) is 0. The van der Waals surface area contributed by atoms with Gasteiger partial charge in [-0.2, -0.15) is 0 Å². The van der Waals surface area contributed by atoms with Crippen LogP contribution in [-0.2, 0) is 6.42 Å². The van der Waals surface area contributed by atoms with Crippen LogP contribution in [0, 0.1) is 6.92 Å². The third-order valence-electron chi connectivity index (χ3n) is 1.96. The molecule has 0 aliphatic carbocycles. The summed E-state index contributed by atoms with van der Waals surface area (Å²) < 4.78 is 0. The van der Waals surface area contributed by atoms with Gasteiger partial charge in [0.15, 0.2) is 0 Å². The van der Waals surface area contributed by atoms with Crippen LogP contribution in [-0.4, -0.2) is 10.6 Å². The molecule has 0 aliphatic rings. The fourth-order valence-corrected chi connectivity index (χ4v) is 1.62.